The fourth-order valence-electron chi connectivity index (χ4n) is 2.69. The van der Waals surface area contributed by atoms with Gasteiger partial charge in [0.05, 0.1) is 10.8 Å². The molecule has 0 bridgehead atoms. The van der Waals surface area contributed by atoms with Crippen molar-refractivity contribution in [1.82, 2.24) is 19.6 Å². The molecule has 2 heterocycles. The SMILES string of the molecule is Cc1nc2c3ccccc3nc(S[C@@H](C)C(=O)Nc3ccccc3)n2n1. The number of para-hydroxylation sites is 2. The fraction of sp³-hybridized carbons (Fsp3) is 0.158. The second kappa shape index (κ2) is 6.76. The number of thioether (sulfide) groups is 1. The van der Waals surface area contributed by atoms with E-state index in [1.807, 2.05) is 68.4 Å². The Kier molecular flexibility index (Phi) is 4.30. The summed E-state index contributed by atoms with van der Waals surface area (Å²) in [6.07, 6.45) is 0. The van der Waals surface area contributed by atoms with Crippen molar-refractivity contribution < 1.29 is 4.79 Å². The van der Waals surface area contributed by atoms with E-state index in [1.54, 1.807) is 4.52 Å². The Bertz CT molecular complexity index is 1090. The normalized spacial score (nSPS) is 12.4. The first-order valence-corrected chi connectivity index (χ1v) is 9.14. The van der Waals surface area contributed by atoms with E-state index in [4.69, 9.17) is 0 Å². The smallest absolute Gasteiger partial charge is 0.237 e. The number of amides is 1. The van der Waals surface area contributed by atoms with E-state index in [0.29, 0.717) is 11.0 Å². The van der Waals surface area contributed by atoms with Crippen molar-refractivity contribution in [2.45, 2.75) is 24.3 Å². The van der Waals surface area contributed by atoms with Crippen molar-refractivity contribution in [1.29, 1.82) is 0 Å². The zero-order chi connectivity index (χ0) is 18.1. The lowest BCUT2D eigenvalue weighted by atomic mass is 10.2. The molecule has 6 nitrogen and oxygen atoms in total. The Morgan fingerprint density at radius 3 is 2.62 bits per heavy atom. The Morgan fingerprint density at radius 1 is 1.08 bits per heavy atom. The van der Waals surface area contributed by atoms with E-state index < -0.39 is 0 Å². The number of rotatable bonds is 4. The number of nitrogens with zero attached hydrogens (tertiary/aromatic N) is 4. The van der Waals surface area contributed by atoms with Crippen LogP contribution in [0.3, 0.4) is 0 Å². The molecular weight excluding hydrogens is 346 g/mol. The molecule has 0 fully saturated rings. The van der Waals surface area contributed by atoms with Crippen LogP contribution < -0.4 is 5.32 Å². The van der Waals surface area contributed by atoms with E-state index in [2.05, 4.69) is 20.4 Å². The molecule has 26 heavy (non-hydrogen) atoms. The third-order valence-electron chi connectivity index (χ3n) is 3.95. The molecule has 0 unspecified atom stereocenters. The van der Waals surface area contributed by atoms with E-state index in [9.17, 15) is 4.79 Å². The van der Waals surface area contributed by atoms with Gasteiger partial charge in [-0.3, -0.25) is 4.79 Å². The van der Waals surface area contributed by atoms with Gasteiger partial charge in [0.25, 0.3) is 0 Å². The monoisotopic (exact) mass is 363 g/mol. The number of hydrogen-bond acceptors (Lipinski definition) is 5. The number of carbonyl (C=O) groups excluding carboxylic acids is 1. The predicted octanol–water partition coefficient (Wildman–Crippen LogP) is 3.71. The molecule has 0 radical (unpaired) electrons. The number of carbonyl (C=O) groups is 1. The van der Waals surface area contributed by atoms with E-state index in [-0.39, 0.29) is 11.2 Å². The van der Waals surface area contributed by atoms with E-state index in [1.165, 1.54) is 11.8 Å². The van der Waals surface area contributed by atoms with Crippen LogP contribution in [0.1, 0.15) is 12.7 Å². The minimum atomic E-state index is -0.337. The Labute approximate surface area is 154 Å². The van der Waals surface area contributed by atoms with Gasteiger partial charge in [0.2, 0.25) is 5.91 Å². The second-order valence-corrected chi connectivity index (χ2v) is 7.23. The van der Waals surface area contributed by atoms with Gasteiger partial charge in [0, 0.05) is 11.1 Å². The summed E-state index contributed by atoms with van der Waals surface area (Å²) in [5.74, 6) is 0.590. The molecule has 0 saturated heterocycles. The highest BCUT2D eigenvalue weighted by molar-refractivity contribution is 8.00. The number of aryl methyl sites for hydroxylation is 1. The third kappa shape index (κ3) is 3.13. The number of nitrogens with one attached hydrogen (secondary N) is 1. The van der Waals surface area contributed by atoms with E-state index in [0.717, 1.165) is 22.2 Å². The van der Waals surface area contributed by atoms with Crippen LogP contribution in [-0.4, -0.2) is 30.7 Å². The Morgan fingerprint density at radius 2 is 1.81 bits per heavy atom. The summed E-state index contributed by atoms with van der Waals surface area (Å²) < 4.78 is 1.72. The first kappa shape index (κ1) is 16.5. The molecule has 1 atom stereocenters. The molecule has 1 N–H and O–H groups in total. The molecule has 1 amide bonds. The van der Waals surface area contributed by atoms with Crippen molar-refractivity contribution in [2.75, 3.05) is 5.32 Å². The van der Waals surface area contributed by atoms with Crippen LogP contribution in [0.15, 0.2) is 59.8 Å². The lowest BCUT2D eigenvalue weighted by molar-refractivity contribution is -0.115. The lowest BCUT2D eigenvalue weighted by Gasteiger charge is -2.12. The highest BCUT2D eigenvalue weighted by Gasteiger charge is 2.19. The van der Waals surface area contributed by atoms with Crippen molar-refractivity contribution in [2.24, 2.45) is 0 Å². The zero-order valence-electron chi connectivity index (χ0n) is 14.4. The maximum Gasteiger partial charge on any atom is 0.237 e. The largest absolute Gasteiger partial charge is 0.325 e. The summed E-state index contributed by atoms with van der Waals surface area (Å²) in [6.45, 7) is 3.71. The van der Waals surface area contributed by atoms with Gasteiger partial charge in [-0.25, -0.2) is 9.97 Å². The zero-order valence-corrected chi connectivity index (χ0v) is 15.2. The first-order valence-electron chi connectivity index (χ1n) is 8.26. The van der Waals surface area contributed by atoms with Gasteiger partial charge in [-0.05, 0) is 38.1 Å². The molecule has 2 aromatic heterocycles. The van der Waals surface area contributed by atoms with Crippen molar-refractivity contribution in [3.63, 3.8) is 0 Å². The molecule has 0 aliphatic rings. The number of anilines is 1. The van der Waals surface area contributed by atoms with Gasteiger partial charge in [0.15, 0.2) is 10.8 Å². The molecule has 0 saturated carbocycles. The van der Waals surface area contributed by atoms with Crippen LogP contribution in [0, 0.1) is 6.92 Å². The minimum Gasteiger partial charge on any atom is -0.325 e. The summed E-state index contributed by atoms with van der Waals surface area (Å²) in [5, 5.41) is 8.62. The maximum atomic E-state index is 12.5. The van der Waals surface area contributed by atoms with Crippen LogP contribution >= 0.6 is 11.8 Å². The average molecular weight is 363 g/mol. The van der Waals surface area contributed by atoms with Crippen molar-refractivity contribution in [3.8, 4) is 0 Å². The van der Waals surface area contributed by atoms with Gasteiger partial charge >= 0.3 is 0 Å². The summed E-state index contributed by atoms with van der Waals surface area (Å²) in [5.41, 5.74) is 2.37. The highest BCUT2D eigenvalue weighted by Crippen LogP contribution is 2.27. The quantitative estimate of drug-likeness (QED) is 0.442. The van der Waals surface area contributed by atoms with E-state index >= 15 is 0 Å². The maximum absolute atomic E-state index is 12.5. The summed E-state index contributed by atoms with van der Waals surface area (Å²) in [7, 11) is 0. The first-order chi connectivity index (χ1) is 12.6. The molecule has 4 aromatic rings. The average Bonchev–Trinajstić information content (AvgIpc) is 3.04. The minimum absolute atomic E-state index is 0.0823. The van der Waals surface area contributed by atoms with Crippen LogP contribution in [0.5, 0.6) is 0 Å². The van der Waals surface area contributed by atoms with Crippen LogP contribution in [0.2, 0.25) is 0 Å². The highest BCUT2D eigenvalue weighted by atomic mass is 32.2. The van der Waals surface area contributed by atoms with Crippen LogP contribution in [-0.2, 0) is 4.79 Å². The molecule has 0 aliphatic carbocycles. The molecule has 0 aliphatic heterocycles. The summed E-state index contributed by atoms with van der Waals surface area (Å²) in [4.78, 5) is 21.7. The molecule has 0 spiro atoms. The van der Waals surface area contributed by atoms with Crippen molar-refractivity contribution in [3.05, 3.63) is 60.4 Å². The molecule has 7 heteroatoms. The van der Waals surface area contributed by atoms with Crippen LogP contribution in [0.25, 0.3) is 16.6 Å². The summed E-state index contributed by atoms with van der Waals surface area (Å²) in [6, 6.07) is 17.2. The fourth-order valence-corrected chi connectivity index (χ4v) is 3.55. The standard InChI is InChI=1S/C19H17N5OS/c1-12(18(25)21-14-8-4-3-5-9-14)26-19-22-16-11-7-6-10-15(16)17-20-13(2)23-24(17)19/h3-12H,1-2H3,(H,21,25)/t12-/m0/s1. The lowest BCUT2D eigenvalue weighted by Crippen LogP contribution is -2.23. The molecule has 2 aromatic carbocycles. The predicted molar refractivity (Wildman–Crippen MR) is 103 cm³/mol. The number of fused-ring (bicyclic) bond motifs is 3. The number of benzene rings is 2. The number of hydrogen-bond donors (Lipinski definition) is 1. The molecule has 4 rings (SSSR count). The molecule has 130 valence electrons. The van der Waals surface area contributed by atoms with Gasteiger partial charge in [-0.1, -0.05) is 42.1 Å². The van der Waals surface area contributed by atoms with Gasteiger partial charge in [0.1, 0.15) is 5.82 Å². The van der Waals surface area contributed by atoms with Crippen molar-refractivity contribution >= 4 is 39.9 Å². The van der Waals surface area contributed by atoms with Gasteiger partial charge in [-0.2, -0.15) is 4.52 Å². The van der Waals surface area contributed by atoms with Crippen LogP contribution in [0.4, 0.5) is 5.69 Å². The Balaban J connectivity index is 1.66. The van der Waals surface area contributed by atoms with Gasteiger partial charge < -0.3 is 5.32 Å². The Hall–Kier alpha value is -2.93. The summed E-state index contributed by atoms with van der Waals surface area (Å²) >= 11 is 1.37. The topological polar surface area (TPSA) is 72.2 Å². The number of aromatic nitrogens is 4. The molecular formula is C19H17N5OS. The van der Waals surface area contributed by atoms with Gasteiger partial charge in [-0.15, -0.1) is 5.10 Å². The third-order valence-corrected chi connectivity index (χ3v) is 4.99. The second-order valence-electron chi connectivity index (χ2n) is 5.92.